The molecule has 5 N–H and O–H groups in total. The zero-order valence-corrected chi connectivity index (χ0v) is 18.2. The number of carbonyl (C=O) groups excluding carboxylic acids is 2. The van der Waals surface area contributed by atoms with Crippen LogP contribution < -0.4 is 21.1 Å². The summed E-state index contributed by atoms with van der Waals surface area (Å²) in [5, 5.41) is 6.21. The number of carbonyl (C=O) groups is 2. The van der Waals surface area contributed by atoms with E-state index in [-0.39, 0.29) is 45.5 Å². The molecule has 32 heavy (non-hydrogen) atoms. The molecule has 3 rings (SSSR count). The second-order valence-electron chi connectivity index (χ2n) is 6.51. The van der Waals surface area contributed by atoms with Gasteiger partial charge in [0.05, 0.1) is 21.2 Å². The van der Waals surface area contributed by atoms with Crippen LogP contribution in [0.3, 0.4) is 0 Å². The Balaban J connectivity index is 1.92. The Morgan fingerprint density at radius 2 is 2.03 bits per heavy atom. The highest BCUT2D eigenvalue weighted by Crippen LogP contribution is 2.35. The highest BCUT2D eigenvalue weighted by atomic mass is 35.5. The lowest BCUT2D eigenvalue weighted by molar-refractivity contribution is -0.120. The molecule has 0 saturated carbocycles. The minimum atomic E-state index is -2.76. The number of H-pyrrole nitrogens is 1. The van der Waals surface area contributed by atoms with Gasteiger partial charge in [-0.25, -0.2) is 8.78 Å². The number of anilines is 2. The molecule has 0 aliphatic rings. The number of ether oxygens (including phenoxy) is 1. The van der Waals surface area contributed by atoms with Gasteiger partial charge in [0, 0.05) is 13.0 Å². The number of imidazole rings is 1. The monoisotopic (exact) mass is 486 g/mol. The number of halogens is 4. The number of pyridine rings is 1. The van der Waals surface area contributed by atoms with Crippen LogP contribution in [0.2, 0.25) is 10.0 Å². The quantitative estimate of drug-likeness (QED) is 0.363. The summed E-state index contributed by atoms with van der Waals surface area (Å²) in [5.74, 6) is -1.23. The summed E-state index contributed by atoms with van der Waals surface area (Å²) >= 11 is 12.7. The van der Waals surface area contributed by atoms with Gasteiger partial charge in [-0.2, -0.15) is 9.97 Å². The van der Waals surface area contributed by atoms with Crippen molar-refractivity contribution in [2.75, 3.05) is 11.9 Å². The fourth-order valence-electron chi connectivity index (χ4n) is 2.70. The lowest BCUT2D eigenvalue weighted by Gasteiger charge is -2.12. The van der Waals surface area contributed by atoms with E-state index in [1.54, 1.807) is 19.1 Å². The van der Waals surface area contributed by atoms with E-state index < -0.39 is 18.9 Å². The highest BCUT2D eigenvalue weighted by molar-refractivity contribution is 6.39. The molecule has 0 spiro atoms. The number of hydrogen-bond acceptors (Lipinski definition) is 6. The molecule has 0 bridgehead atoms. The van der Waals surface area contributed by atoms with Gasteiger partial charge in [0.1, 0.15) is 5.56 Å². The first-order valence-corrected chi connectivity index (χ1v) is 10.1. The molecule has 9 nitrogen and oxygen atoms in total. The van der Waals surface area contributed by atoms with Crippen molar-refractivity contribution < 1.29 is 23.1 Å². The van der Waals surface area contributed by atoms with E-state index >= 15 is 0 Å². The molecule has 0 atom stereocenters. The average molecular weight is 487 g/mol. The van der Waals surface area contributed by atoms with E-state index in [4.69, 9.17) is 33.7 Å². The molecule has 2 heterocycles. The molecule has 170 valence electrons. The fourth-order valence-corrected chi connectivity index (χ4v) is 3.23. The van der Waals surface area contributed by atoms with Crippen LogP contribution in [0.1, 0.15) is 29.3 Å². The average Bonchev–Trinajstić information content (AvgIpc) is 3.14. The van der Waals surface area contributed by atoms with E-state index in [0.717, 1.165) is 0 Å². The molecule has 13 heteroatoms. The predicted molar refractivity (Wildman–Crippen MR) is 116 cm³/mol. The third-order valence-corrected chi connectivity index (χ3v) is 5.01. The summed E-state index contributed by atoms with van der Waals surface area (Å²) in [4.78, 5) is 34.3. The normalized spacial score (nSPS) is 11.1. The molecule has 3 aromatic rings. The van der Waals surface area contributed by atoms with Gasteiger partial charge in [-0.3, -0.25) is 9.59 Å². The summed E-state index contributed by atoms with van der Waals surface area (Å²) in [6, 6.07) is 4.58. The van der Waals surface area contributed by atoms with E-state index in [0.29, 0.717) is 23.2 Å². The Labute approximate surface area is 190 Å². The number of benzene rings is 1. The molecule has 2 amide bonds. The third kappa shape index (κ3) is 5.35. The molecule has 0 unspecified atom stereocenters. The SMILES string of the molecule is CCC(=O)NCc1ccc(Cl)c(Nc2nc3nc(OCC(F)F)c(C(N)=O)cc3[nH]2)c1Cl. The van der Waals surface area contributed by atoms with Crippen LogP contribution >= 0.6 is 23.2 Å². The number of aromatic amines is 1. The largest absolute Gasteiger partial charge is 0.471 e. The van der Waals surface area contributed by atoms with Crippen molar-refractivity contribution in [3.8, 4) is 5.88 Å². The van der Waals surface area contributed by atoms with Crippen LogP contribution in [-0.2, 0) is 11.3 Å². The van der Waals surface area contributed by atoms with Gasteiger partial charge in [-0.05, 0) is 17.7 Å². The Morgan fingerprint density at radius 1 is 1.28 bits per heavy atom. The minimum absolute atomic E-state index is 0.0837. The van der Waals surface area contributed by atoms with Crippen molar-refractivity contribution in [3.05, 3.63) is 39.4 Å². The van der Waals surface area contributed by atoms with Crippen LogP contribution in [-0.4, -0.2) is 39.8 Å². The fraction of sp³-hybridized carbons (Fsp3) is 0.263. The van der Waals surface area contributed by atoms with Crippen molar-refractivity contribution in [2.45, 2.75) is 26.3 Å². The van der Waals surface area contributed by atoms with E-state index in [1.807, 2.05) is 0 Å². The number of hydrogen-bond donors (Lipinski definition) is 4. The summed E-state index contributed by atoms with van der Waals surface area (Å²) < 4.78 is 29.9. The van der Waals surface area contributed by atoms with Gasteiger partial charge < -0.3 is 26.1 Å². The van der Waals surface area contributed by atoms with Crippen molar-refractivity contribution >= 4 is 57.8 Å². The van der Waals surface area contributed by atoms with Gasteiger partial charge in [0.25, 0.3) is 12.3 Å². The van der Waals surface area contributed by atoms with E-state index in [1.165, 1.54) is 6.07 Å². The highest BCUT2D eigenvalue weighted by Gasteiger charge is 2.19. The standard InChI is InChI=1S/C19H18Cl2F2N6O3/c1-2-13(30)25-6-8-3-4-10(20)15(14(8)21)27-19-26-11-5-9(16(24)31)18(28-17(11)29-19)32-7-12(22)23/h3-5,12H,2,6-7H2,1H3,(H2,24,31)(H,25,30)(H2,26,27,28,29). The predicted octanol–water partition coefficient (Wildman–Crippen LogP) is 3.78. The number of fused-ring (bicyclic) bond motifs is 1. The van der Waals surface area contributed by atoms with E-state index in [9.17, 15) is 18.4 Å². The molecule has 0 radical (unpaired) electrons. The van der Waals surface area contributed by atoms with Crippen LogP contribution in [0.15, 0.2) is 18.2 Å². The lowest BCUT2D eigenvalue weighted by Crippen LogP contribution is -2.21. The molecular weight excluding hydrogens is 469 g/mol. The maximum Gasteiger partial charge on any atom is 0.272 e. The number of nitrogens with one attached hydrogen (secondary N) is 3. The molecule has 1 aromatic carbocycles. The number of aromatic nitrogens is 3. The number of amides is 2. The zero-order chi connectivity index (χ0) is 23.4. The maximum atomic E-state index is 12.5. The summed E-state index contributed by atoms with van der Waals surface area (Å²) in [7, 11) is 0. The number of nitrogens with zero attached hydrogens (tertiary/aromatic N) is 2. The number of rotatable bonds is 9. The number of nitrogens with two attached hydrogens (primary N) is 1. The van der Waals surface area contributed by atoms with Gasteiger partial charge in [-0.15, -0.1) is 0 Å². The van der Waals surface area contributed by atoms with E-state index in [2.05, 4.69) is 25.6 Å². The first-order valence-electron chi connectivity index (χ1n) is 9.31. The molecule has 2 aromatic heterocycles. The number of primary amides is 1. The van der Waals surface area contributed by atoms with Crippen LogP contribution in [0.25, 0.3) is 11.2 Å². The number of alkyl halides is 2. The molecule has 0 aliphatic heterocycles. The Bertz CT molecular complexity index is 1170. The Morgan fingerprint density at radius 3 is 2.69 bits per heavy atom. The molecule has 0 saturated heterocycles. The Kier molecular flexibility index (Phi) is 7.31. The van der Waals surface area contributed by atoms with Crippen molar-refractivity contribution in [1.29, 1.82) is 0 Å². The second kappa shape index (κ2) is 9.96. The third-order valence-electron chi connectivity index (χ3n) is 4.26. The van der Waals surface area contributed by atoms with Gasteiger partial charge in [0.15, 0.2) is 12.3 Å². The van der Waals surface area contributed by atoms with Gasteiger partial charge in [0.2, 0.25) is 17.7 Å². The maximum absolute atomic E-state index is 12.5. The summed E-state index contributed by atoms with van der Waals surface area (Å²) in [6.45, 7) is 0.974. The summed E-state index contributed by atoms with van der Waals surface area (Å²) in [6.07, 6.45) is -2.43. The van der Waals surface area contributed by atoms with Crippen molar-refractivity contribution in [1.82, 2.24) is 20.3 Å². The molecule has 0 fully saturated rings. The summed E-state index contributed by atoms with van der Waals surface area (Å²) in [5.41, 5.74) is 6.43. The van der Waals surface area contributed by atoms with Gasteiger partial charge in [-0.1, -0.05) is 36.2 Å². The molecule has 0 aliphatic carbocycles. The lowest BCUT2D eigenvalue weighted by atomic mass is 10.2. The van der Waals surface area contributed by atoms with Crippen molar-refractivity contribution in [2.24, 2.45) is 5.73 Å². The minimum Gasteiger partial charge on any atom is -0.471 e. The Hall–Kier alpha value is -3.18. The topological polar surface area (TPSA) is 135 Å². The van der Waals surface area contributed by atoms with Crippen LogP contribution in [0.5, 0.6) is 5.88 Å². The zero-order valence-electron chi connectivity index (χ0n) is 16.6. The van der Waals surface area contributed by atoms with Gasteiger partial charge >= 0.3 is 0 Å². The first kappa shape index (κ1) is 23.5. The van der Waals surface area contributed by atoms with Crippen molar-refractivity contribution in [3.63, 3.8) is 0 Å². The van der Waals surface area contributed by atoms with Crippen LogP contribution in [0.4, 0.5) is 20.4 Å². The molecular formula is C19H18Cl2F2N6O3. The van der Waals surface area contributed by atoms with Crippen LogP contribution in [0, 0.1) is 0 Å². The second-order valence-corrected chi connectivity index (χ2v) is 7.30. The smallest absolute Gasteiger partial charge is 0.272 e. The first-order chi connectivity index (χ1) is 15.2.